The highest BCUT2D eigenvalue weighted by Gasteiger charge is 2.49. The molecule has 1 aliphatic carbocycles. The minimum Gasteiger partial charge on any atom is -0.444 e. The number of likely N-dealkylation sites (tertiary alicyclic amines) is 1. The van der Waals surface area contributed by atoms with Crippen LogP contribution in [-0.4, -0.2) is 35.0 Å². The fourth-order valence-corrected chi connectivity index (χ4v) is 4.06. The molecule has 3 atom stereocenters. The van der Waals surface area contributed by atoms with Crippen LogP contribution in [-0.2, 0) is 9.53 Å². The van der Waals surface area contributed by atoms with E-state index in [-0.39, 0.29) is 24.0 Å². The van der Waals surface area contributed by atoms with Crippen LogP contribution in [0, 0.1) is 5.92 Å². The summed E-state index contributed by atoms with van der Waals surface area (Å²) < 4.78 is 5.61. The molecule has 1 amide bonds. The van der Waals surface area contributed by atoms with Crippen molar-refractivity contribution < 1.29 is 14.3 Å². The van der Waals surface area contributed by atoms with E-state index in [1.807, 2.05) is 43.9 Å². The van der Waals surface area contributed by atoms with E-state index >= 15 is 0 Å². The van der Waals surface area contributed by atoms with E-state index in [2.05, 4.69) is 12.1 Å². The van der Waals surface area contributed by atoms with Crippen LogP contribution < -0.4 is 0 Å². The van der Waals surface area contributed by atoms with Crippen molar-refractivity contribution in [2.24, 2.45) is 5.92 Å². The lowest BCUT2D eigenvalue weighted by molar-refractivity contribution is -0.123. The van der Waals surface area contributed by atoms with Crippen molar-refractivity contribution in [3.63, 3.8) is 0 Å². The second-order valence-corrected chi connectivity index (χ2v) is 7.96. The summed E-state index contributed by atoms with van der Waals surface area (Å²) in [5, 5.41) is 0. The monoisotopic (exact) mass is 329 g/mol. The van der Waals surface area contributed by atoms with Gasteiger partial charge in [0, 0.05) is 30.8 Å². The number of amides is 1. The van der Waals surface area contributed by atoms with E-state index in [4.69, 9.17) is 4.74 Å². The molecule has 1 aromatic carbocycles. The Morgan fingerprint density at radius 2 is 1.88 bits per heavy atom. The van der Waals surface area contributed by atoms with E-state index in [1.54, 1.807) is 0 Å². The number of ether oxygens (including phenoxy) is 1. The molecule has 0 bridgehead atoms. The van der Waals surface area contributed by atoms with E-state index < -0.39 is 5.60 Å². The topological polar surface area (TPSA) is 46.6 Å². The number of benzene rings is 1. The largest absolute Gasteiger partial charge is 0.444 e. The fourth-order valence-electron chi connectivity index (χ4n) is 4.06. The average Bonchev–Trinajstić information content (AvgIpc) is 2.80. The summed E-state index contributed by atoms with van der Waals surface area (Å²) in [5.41, 5.74) is 0.625. The second kappa shape index (κ2) is 6.58. The lowest BCUT2D eigenvalue weighted by Gasteiger charge is -2.29. The van der Waals surface area contributed by atoms with Gasteiger partial charge < -0.3 is 9.64 Å². The molecule has 4 heteroatoms. The zero-order valence-corrected chi connectivity index (χ0v) is 14.8. The number of rotatable bonds is 1. The Morgan fingerprint density at radius 1 is 1.17 bits per heavy atom. The minimum atomic E-state index is -0.522. The molecule has 24 heavy (non-hydrogen) atoms. The van der Waals surface area contributed by atoms with Gasteiger partial charge >= 0.3 is 6.09 Å². The first kappa shape index (κ1) is 17.0. The van der Waals surface area contributed by atoms with Gasteiger partial charge in [0.05, 0.1) is 0 Å². The average molecular weight is 329 g/mol. The van der Waals surface area contributed by atoms with Gasteiger partial charge in [-0.15, -0.1) is 0 Å². The van der Waals surface area contributed by atoms with E-state index in [1.165, 1.54) is 0 Å². The number of nitrogens with zero attached hydrogens (tertiary/aromatic N) is 1. The van der Waals surface area contributed by atoms with E-state index in [9.17, 15) is 9.59 Å². The first-order valence-electron chi connectivity index (χ1n) is 8.94. The number of ketones is 1. The van der Waals surface area contributed by atoms with Crippen molar-refractivity contribution >= 4 is 11.9 Å². The van der Waals surface area contributed by atoms with Gasteiger partial charge in [0.2, 0.25) is 0 Å². The number of Topliss-reactive ketones (excluding diaryl/α,β-unsaturated/α-hetero) is 1. The Balaban J connectivity index is 1.91. The molecule has 0 radical (unpaired) electrons. The molecule has 1 aliphatic heterocycles. The van der Waals surface area contributed by atoms with Gasteiger partial charge in [0.25, 0.3) is 0 Å². The van der Waals surface area contributed by atoms with Crippen molar-refractivity contribution in [1.29, 1.82) is 0 Å². The number of fused-ring (bicyclic) bond motifs is 1. The molecule has 0 spiro atoms. The smallest absolute Gasteiger partial charge is 0.410 e. The second-order valence-electron chi connectivity index (χ2n) is 7.96. The summed E-state index contributed by atoms with van der Waals surface area (Å²) in [7, 11) is 0. The van der Waals surface area contributed by atoms with Crippen LogP contribution in [0.4, 0.5) is 4.79 Å². The highest BCUT2D eigenvalue weighted by Crippen LogP contribution is 2.42. The predicted octanol–water partition coefficient (Wildman–Crippen LogP) is 4.15. The molecule has 3 rings (SSSR count). The third-order valence-electron chi connectivity index (χ3n) is 5.04. The zero-order valence-electron chi connectivity index (χ0n) is 14.8. The Kier molecular flexibility index (Phi) is 4.66. The summed E-state index contributed by atoms with van der Waals surface area (Å²) >= 11 is 0. The van der Waals surface area contributed by atoms with Crippen molar-refractivity contribution in [3.8, 4) is 0 Å². The van der Waals surface area contributed by atoms with Gasteiger partial charge in [0.1, 0.15) is 11.4 Å². The summed E-state index contributed by atoms with van der Waals surface area (Å²) in [4.78, 5) is 27.3. The third kappa shape index (κ3) is 3.47. The molecule has 2 fully saturated rings. The molecule has 2 aliphatic rings. The highest BCUT2D eigenvalue weighted by atomic mass is 16.6. The van der Waals surface area contributed by atoms with Crippen LogP contribution in [0.3, 0.4) is 0 Å². The Hall–Kier alpha value is -1.84. The van der Waals surface area contributed by atoms with Gasteiger partial charge in [-0.05, 0) is 39.2 Å². The van der Waals surface area contributed by atoms with E-state index in [0.29, 0.717) is 18.7 Å². The standard InChI is InChI=1S/C20H27NO3/c1-20(2,3)24-19(23)21-13-15(14-9-5-4-6-10-14)18-16(21)11-7-8-12-17(18)22/h4-6,9-10,15-16,18H,7-8,11-13H2,1-3H3/t15-,16+,18-/m1/s1. The van der Waals surface area contributed by atoms with Crippen LogP contribution in [0.5, 0.6) is 0 Å². The van der Waals surface area contributed by atoms with Crippen LogP contribution >= 0.6 is 0 Å². The van der Waals surface area contributed by atoms with Crippen molar-refractivity contribution in [1.82, 2.24) is 4.90 Å². The molecule has 1 saturated heterocycles. The van der Waals surface area contributed by atoms with Crippen LogP contribution in [0.2, 0.25) is 0 Å². The summed E-state index contributed by atoms with van der Waals surface area (Å²) in [6.45, 7) is 6.21. The zero-order chi connectivity index (χ0) is 17.3. The van der Waals surface area contributed by atoms with Crippen LogP contribution in [0.25, 0.3) is 0 Å². The molecule has 4 nitrogen and oxygen atoms in total. The quantitative estimate of drug-likeness (QED) is 0.777. The SMILES string of the molecule is CC(C)(C)OC(=O)N1C[C@H](c2ccccc2)[C@H]2C(=O)CCCC[C@@H]21. The molecule has 130 valence electrons. The molecule has 0 N–H and O–H groups in total. The van der Waals surface area contributed by atoms with E-state index in [0.717, 1.165) is 24.8 Å². The lowest BCUT2D eigenvalue weighted by Crippen LogP contribution is -2.42. The maximum absolute atomic E-state index is 12.8. The molecule has 1 aromatic rings. The third-order valence-corrected chi connectivity index (χ3v) is 5.04. The summed E-state index contributed by atoms with van der Waals surface area (Å²) in [6.07, 6.45) is 3.15. The normalized spacial score (nSPS) is 27.5. The van der Waals surface area contributed by atoms with Crippen LogP contribution in [0.1, 0.15) is 57.9 Å². The molecule has 0 unspecified atom stereocenters. The number of carbonyl (C=O) groups excluding carboxylic acids is 2. The number of hydrogen-bond donors (Lipinski definition) is 0. The number of hydrogen-bond acceptors (Lipinski definition) is 3. The number of carbonyl (C=O) groups is 2. The maximum atomic E-state index is 12.8. The minimum absolute atomic E-state index is 0.0277. The molecule has 1 heterocycles. The maximum Gasteiger partial charge on any atom is 0.410 e. The molecular formula is C20H27NO3. The molecule has 1 saturated carbocycles. The Labute approximate surface area is 144 Å². The van der Waals surface area contributed by atoms with Gasteiger partial charge in [-0.2, -0.15) is 0 Å². The fraction of sp³-hybridized carbons (Fsp3) is 0.600. The van der Waals surface area contributed by atoms with Crippen molar-refractivity contribution in [2.75, 3.05) is 6.54 Å². The Bertz CT molecular complexity index is 605. The highest BCUT2D eigenvalue weighted by molar-refractivity contribution is 5.85. The van der Waals surface area contributed by atoms with Gasteiger partial charge in [-0.1, -0.05) is 36.8 Å². The van der Waals surface area contributed by atoms with Gasteiger partial charge in [-0.25, -0.2) is 4.79 Å². The van der Waals surface area contributed by atoms with Crippen LogP contribution in [0.15, 0.2) is 30.3 Å². The molecular weight excluding hydrogens is 302 g/mol. The van der Waals surface area contributed by atoms with Gasteiger partial charge in [0.15, 0.2) is 0 Å². The van der Waals surface area contributed by atoms with Crippen molar-refractivity contribution in [3.05, 3.63) is 35.9 Å². The Morgan fingerprint density at radius 3 is 2.54 bits per heavy atom. The first-order chi connectivity index (χ1) is 11.4. The summed E-state index contributed by atoms with van der Waals surface area (Å²) in [6, 6.07) is 10.1. The first-order valence-corrected chi connectivity index (χ1v) is 8.94. The lowest BCUT2D eigenvalue weighted by atomic mass is 9.82. The van der Waals surface area contributed by atoms with Gasteiger partial charge in [-0.3, -0.25) is 4.79 Å². The predicted molar refractivity (Wildman–Crippen MR) is 92.9 cm³/mol. The molecule has 0 aromatic heterocycles. The summed E-state index contributed by atoms with van der Waals surface area (Å²) in [5.74, 6) is 0.286. The van der Waals surface area contributed by atoms with Crippen molar-refractivity contribution in [2.45, 2.75) is 64.0 Å².